The molecule has 0 saturated carbocycles. The Morgan fingerprint density at radius 3 is 1.12 bits per heavy atom. The summed E-state index contributed by atoms with van der Waals surface area (Å²) in [5.41, 5.74) is -1.16. The van der Waals surface area contributed by atoms with Crippen LogP contribution >= 0.6 is 0 Å². The fraction of sp³-hybridized carbons (Fsp3) is 0.944. The largest absolute Gasteiger partial charge is 0.339 e. The molecule has 0 atom stereocenters. The second-order valence-corrected chi connectivity index (χ2v) is 8.82. The van der Waals surface area contributed by atoms with Crippen LogP contribution in [0, 0.1) is 0 Å². The van der Waals surface area contributed by atoms with Gasteiger partial charge >= 0.3 is 5.97 Å². The first-order valence-corrected chi connectivity index (χ1v) is 8.49. The minimum absolute atomic E-state index is 0.373. The molecule has 0 aromatic carbocycles. The molecule has 0 aliphatic rings. The van der Waals surface area contributed by atoms with E-state index >= 15 is 0 Å². The van der Waals surface area contributed by atoms with Crippen molar-refractivity contribution in [3.63, 3.8) is 0 Å². The van der Waals surface area contributed by atoms with Gasteiger partial charge in [-0.05, 0) is 69.2 Å². The molecule has 152 valence electrons. The summed E-state index contributed by atoms with van der Waals surface area (Å²) in [6.07, 6.45) is 0.624. The van der Waals surface area contributed by atoms with Gasteiger partial charge in [0.15, 0.2) is 0 Å². The SMILES string of the molecule is CC(=O)OOC(C)(C)C.CCC(C)(OOC(C)(C)C)OOC(C)(C)C. The summed E-state index contributed by atoms with van der Waals surface area (Å²) < 4.78 is 0. The molecule has 7 nitrogen and oxygen atoms in total. The second-order valence-electron chi connectivity index (χ2n) is 8.82. The Kier molecular flexibility index (Phi) is 11.1. The zero-order valence-corrected chi connectivity index (χ0v) is 18.1. The lowest BCUT2D eigenvalue weighted by atomic mass is 10.2. The predicted molar refractivity (Wildman–Crippen MR) is 95.1 cm³/mol. The minimum atomic E-state index is -0.888. The van der Waals surface area contributed by atoms with Crippen LogP contribution in [0.4, 0.5) is 0 Å². The molecule has 0 bridgehead atoms. The van der Waals surface area contributed by atoms with Crippen LogP contribution in [0.25, 0.3) is 0 Å². The first-order chi connectivity index (χ1) is 10.9. The Morgan fingerprint density at radius 1 is 0.640 bits per heavy atom. The smallest absolute Gasteiger partial charge is 0.298 e. The minimum Gasteiger partial charge on any atom is -0.298 e. The van der Waals surface area contributed by atoms with Crippen molar-refractivity contribution in [3.8, 4) is 0 Å². The monoisotopic (exact) mass is 366 g/mol. The van der Waals surface area contributed by atoms with Gasteiger partial charge < -0.3 is 0 Å². The van der Waals surface area contributed by atoms with Crippen LogP contribution < -0.4 is 0 Å². The average Bonchev–Trinajstić information content (AvgIpc) is 2.39. The van der Waals surface area contributed by atoms with Crippen LogP contribution in [0.15, 0.2) is 0 Å². The lowest BCUT2D eigenvalue weighted by Gasteiger charge is -2.31. The summed E-state index contributed by atoms with van der Waals surface area (Å²) in [7, 11) is 0. The Morgan fingerprint density at radius 2 is 0.960 bits per heavy atom. The van der Waals surface area contributed by atoms with Gasteiger partial charge in [-0.3, -0.25) is 4.89 Å². The Labute approximate surface area is 153 Å². The molecule has 7 heteroatoms. The number of carbonyl (C=O) groups excluding carboxylic acids is 1. The van der Waals surface area contributed by atoms with Crippen molar-refractivity contribution in [2.24, 2.45) is 0 Å². The number of hydrogen-bond donors (Lipinski definition) is 0. The third-order valence-corrected chi connectivity index (χ3v) is 1.99. The number of carbonyl (C=O) groups is 1. The Bertz CT molecular complexity index is 354. The van der Waals surface area contributed by atoms with E-state index in [0.717, 1.165) is 0 Å². The quantitative estimate of drug-likeness (QED) is 0.376. The fourth-order valence-corrected chi connectivity index (χ4v) is 0.742. The maximum absolute atomic E-state index is 10.1. The standard InChI is InChI=1S/C12H26O4.C6H12O3/c1-9-12(8,15-13-10(2,3)4)16-14-11(5,6)7;1-5(7)8-9-6(2,3)4/h9H2,1-8H3;1-4H3. The number of rotatable bonds is 6. The van der Waals surface area contributed by atoms with E-state index in [1.165, 1.54) is 6.92 Å². The van der Waals surface area contributed by atoms with Gasteiger partial charge in [0, 0.05) is 13.3 Å². The summed E-state index contributed by atoms with van der Waals surface area (Å²) in [5.74, 6) is -1.31. The molecule has 0 rings (SSSR count). The van der Waals surface area contributed by atoms with Crippen LogP contribution in [-0.4, -0.2) is 28.6 Å². The van der Waals surface area contributed by atoms with Gasteiger partial charge in [0.05, 0.1) is 11.2 Å². The zero-order chi connectivity index (χ0) is 20.5. The molecule has 0 radical (unpaired) electrons. The topological polar surface area (TPSA) is 72.5 Å². The van der Waals surface area contributed by atoms with E-state index in [0.29, 0.717) is 6.42 Å². The van der Waals surface area contributed by atoms with Crippen molar-refractivity contribution in [1.29, 1.82) is 0 Å². The molecule has 0 spiro atoms. The first kappa shape index (κ1) is 26.5. The van der Waals surface area contributed by atoms with Crippen molar-refractivity contribution in [1.82, 2.24) is 0 Å². The van der Waals surface area contributed by atoms with E-state index in [2.05, 4.69) is 9.78 Å². The van der Waals surface area contributed by atoms with Gasteiger partial charge in [-0.1, -0.05) is 6.92 Å². The highest BCUT2D eigenvalue weighted by Gasteiger charge is 2.31. The molecule has 0 saturated heterocycles. The van der Waals surface area contributed by atoms with Gasteiger partial charge in [-0.2, -0.15) is 14.7 Å². The highest BCUT2D eigenvalue weighted by atomic mass is 17.3. The van der Waals surface area contributed by atoms with Crippen LogP contribution in [0.2, 0.25) is 0 Å². The molecule has 0 unspecified atom stereocenters. The first-order valence-electron chi connectivity index (χ1n) is 8.49. The zero-order valence-electron chi connectivity index (χ0n) is 18.1. The lowest BCUT2D eigenvalue weighted by Crippen LogP contribution is -2.38. The molecule has 0 N–H and O–H groups in total. The van der Waals surface area contributed by atoms with Crippen LogP contribution in [0.3, 0.4) is 0 Å². The highest BCUT2D eigenvalue weighted by molar-refractivity contribution is 5.65. The van der Waals surface area contributed by atoms with Crippen LogP contribution in [0.5, 0.6) is 0 Å². The Hall–Kier alpha value is -0.730. The van der Waals surface area contributed by atoms with Crippen molar-refractivity contribution in [2.45, 2.75) is 112 Å². The molecule has 0 aliphatic heterocycles. The highest BCUT2D eigenvalue weighted by Crippen LogP contribution is 2.23. The molecule has 25 heavy (non-hydrogen) atoms. The summed E-state index contributed by atoms with van der Waals surface area (Å²) in [6.45, 7) is 21.9. The fourth-order valence-electron chi connectivity index (χ4n) is 0.742. The van der Waals surface area contributed by atoms with Gasteiger partial charge in [-0.15, -0.1) is 0 Å². The average molecular weight is 366 g/mol. The van der Waals surface area contributed by atoms with Crippen molar-refractivity contribution < 1.29 is 34.1 Å². The normalized spacial score (nSPS) is 13.1. The molecule has 0 fully saturated rings. The van der Waals surface area contributed by atoms with E-state index in [9.17, 15) is 4.79 Å². The summed E-state index contributed by atoms with van der Waals surface area (Å²) in [4.78, 5) is 40.1. The summed E-state index contributed by atoms with van der Waals surface area (Å²) in [5, 5.41) is 0. The molecule has 0 aromatic heterocycles. The summed E-state index contributed by atoms with van der Waals surface area (Å²) in [6, 6.07) is 0. The van der Waals surface area contributed by atoms with Crippen LogP contribution in [-0.2, 0) is 34.1 Å². The molecular weight excluding hydrogens is 328 g/mol. The van der Waals surface area contributed by atoms with Gasteiger partial charge in [-0.25, -0.2) is 14.6 Å². The van der Waals surface area contributed by atoms with E-state index in [1.54, 1.807) is 27.7 Å². The van der Waals surface area contributed by atoms with Crippen molar-refractivity contribution >= 4 is 5.97 Å². The van der Waals surface area contributed by atoms with E-state index in [1.807, 2.05) is 48.5 Å². The van der Waals surface area contributed by atoms with Crippen molar-refractivity contribution in [2.75, 3.05) is 0 Å². The van der Waals surface area contributed by atoms with E-state index < -0.39 is 17.4 Å². The Balaban J connectivity index is 0. The van der Waals surface area contributed by atoms with Gasteiger partial charge in [0.25, 0.3) is 0 Å². The summed E-state index contributed by atoms with van der Waals surface area (Å²) >= 11 is 0. The third-order valence-electron chi connectivity index (χ3n) is 1.99. The molecule has 0 heterocycles. The lowest BCUT2D eigenvalue weighted by molar-refractivity contribution is -0.536. The molecule has 0 aliphatic carbocycles. The van der Waals surface area contributed by atoms with E-state index in [-0.39, 0.29) is 11.2 Å². The van der Waals surface area contributed by atoms with Crippen LogP contribution in [0.1, 0.15) is 89.5 Å². The maximum atomic E-state index is 10.1. The van der Waals surface area contributed by atoms with Crippen molar-refractivity contribution in [3.05, 3.63) is 0 Å². The van der Waals surface area contributed by atoms with E-state index in [4.69, 9.17) is 19.6 Å². The molecular formula is C18H38O7. The maximum Gasteiger partial charge on any atom is 0.339 e. The van der Waals surface area contributed by atoms with Gasteiger partial charge in [0.2, 0.25) is 5.79 Å². The molecule has 0 aromatic rings. The number of hydrogen-bond acceptors (Lipinski definition) is 7. The molecule has 0 amide bonds. The van der Waals surface area contributed by atoms with Gasteiger partial charge in [0.1, 0.15) is 5.60 Å². The third kappa shape index (κ3) is 21.2. The second kappa shape index (κ2) is 10.4. The predicted octanol–water partition coefficient (Wildman–Crippen LogP) is 4.89.